The van der Waals surface area contributed by atoms with Crippen LogP contribution in [0.15, 0.2) is 0 Å². The molecule has 0 saturated heterocycles. The normalized spacial score (nSPS) is 14.7. The number of aliphatic hydroxyl groups is 1. The van der Waals surface area contributed by atoms with Crippen molar-refractivity contribution in [2.24, 2.45) is 17.8 Å². The molecule has 0 fully saturated rings. The van der Waals surface area contributed by atoms with Gasteiger partial charge in [0.25, 0.3) is 0 Å². The van der Waals surface area contributed by atoms with Crippen molar-refractivity contribution in [3.05, 3.63) is 0 Å². The molecule has 0 aromatic rings. The van der Waals surface area contributed by atoms with Gasteiger partial charge in [-0.25, -0.2) is 9.13 Å². The molecule has 0 aromatic heterocycles. The number of ether oxygens (including phenoxy) is 4. The Kier molecular flexibility index (Phi) is 72.8. The number of esters is 4. The first-order valence-electron chi connectivity index (χ1n) is 43.5. The van der Waals surface area contributed by atoms with Gasteiger partial charge in [-0.3, -0.25) is 37.3 Å². The summed E-state index contributed by atoms with van der Waals surface area (Å²) in [7, 11) is -9.93. The molecule has 0 bridgehead atoms. The van der Waals surface area contributed by atoms with Gasteiger partial charge in [0.1, 0.15) is 19.3 Å². The lowest BCUT2D eigenvalue weighted by Gasteiger charge is -2.21. The van der Waals surface area contributed by atoms with E-state index in [2.05, 4.69) is 48.5 Å². The minimum Gasteiger partial charge on any atom is -0.462 e. The van der Waals surface area contributed by atoms with E-state index in [1.807, 2.05) is 0 Å². The minimum atomic E-state index is -4.97. The van der Waals surface area contributed by atoms with Crippen molar-refractivity contribution in [2.75, 3.05) is 39.6 Å². The highest BCUT2D eigenvalue weighted by atomic mass is 31.2. The van der Waals surface area contributed by atoms with Crippen molar-refractivity contribution in [2.45, 2.75) is 458 Å². The van der Waals surface area contributed by atoms with Crippen LogP contribution in [0, 0.1) is 17.8 Å². The van der Waals surface area contributed by atoms with E-state index in [-0.39, 0.29) is 25.7 Å². The van der Waals surface area contributed by atoms with Crippen molar-refractivity contribution >= 4 is 39.5 Å². The van der Waals surface area contributed by atoms with Crippen LogP contribution >= 0.6 is 15.6 Å². The van der Waals surface area contributed by atoms with E-state index in [0.717, 1.165) is 114 Å². The summed E-state index contributed by atoms with van der Waals surface area (Å²) in [5, 5.41) is 10.7. The summed E-state index contributed by atoms with van der Waals surface area (Å²) in [4.78, 5) is 73.2. The summed E-state index contributed by atoms with van der Waals surface area (Å²) in [6.45, 7) is 12.0. The highest BCUT2D eigenvalue weighted by Gasteiger charge is 2.30. The lowest BCUT2D eigenvalue weighted by molar-refractivity contribution is -0.161. The second kappa shape index (κ2) is 74.2. The zero-order valence-electron chi connectivity index (χ0n) is 67.8. The Morgan fingerprint density at radius 2 is 0.466 bits per heavy atom. The maximum absolute atomic E-state index is 13.1. The molecule has 0 aromatic carbocycles. The number of rotatable bonds is 82. The van der Waals surface area contributed by atoms with Crippen LogP contribution < -0.4 is 0 Å². The van der Waals surface area contributed by atoms with Crippen LogP contribution in [0.3, 0.4) is 0 Å². The van der Waals surface area contributed by atoms with Crippen molar-refractivity contribution in [1.82, 2.24) is 0 Å². The first-order valence-corrected chi connectivity index (χ1v) is 46.5. The van der Waals surface area contributed by atoms with Crippen LogP contribution in [0.2, 0.25) is 0 Å². The zero-order valence-corrected chi connectivity index (χ0v) is 69.6. The first-order chi connectivity index (χ1) is 49.8. The van der Waals surface area contributed by atoms with Gasteiger partial charge in [-0.15, -0.1) is 0 Å². The molecule has 0 aliphatic rings. The summed E-state index contributed by atoms with van der Waals surface area (Å²) >= 11 is 0. The van der Waals surface area contributed by atoms with Gasteiger partial charge in [-0.2, -0.15) is 0 Å². The lowest BCUT2D eigenvalue weighted by Crippen LogP contribution is -2.30. The number of phosphoric ester groups is 2. The molecule has 612 valence electrons. The van der Waals surface area contributed by atoms with Crippen LogP contribution in [0.1, 0.15) is 440 Å². The Bertz CT molecular complexity index is 2000. The monoisotopic (exact) mass is 1510 g/mol. The molecule has 0 heterocycles. The van der Waals surface area contributed by atoms with E-state index in [1.54, 1.807) is 0 Å². The molecule has 17 nitrogen and oxygen atoms in total. The highest BCUT2D eigenvalue weighted by molar-refractivity contribution is 7.47. The molecule has 0 aliphatic heterocycles. The van der Waals surface area contributed by atoms with Gasteiger partial charge in [-0.1, -0.05) is 389 Å². The van der Waals surface area contributed by atoms with Gasteiger partial charge in [0.15, 0.2) is 12.2 Å². The van der Waals surface area contributed by atoms with E-state index >= 15 is 0 Å². The fourth-order valence-corrected chi connectivity index (χ4v) is 14.5. The van der Waals surface area contributed by atoms with E-state index in [4.69, 9.17) is 37.0 Å². The fraction of sp³-hybridized carbons (Fsp3) is 0.952. The SMILES string of the molecule is CCCCCCCCCCCCCCCCCCCC(=O)O[C@H](COC(=O)CCCCCCCCC(C)CC)COP(=O)(O)OC[C@H](O)COP(=O)(O)OC[C@@H](COC(=O)CCCCCCCCCCCCCCCCC(C)CC)OC(=O)CCCCCCCCCCCCCCCCC(C)CC. The van der Waals surface area contributed by atoms with E-state index in [0.29, 0.717) is 25.7 Å². The van der Waals surface area contributed by atoms with Gasteiger partial charge in [0.05, 0.1) is 26.4 Å². The fourth-order valence-electron chi connectivity index (χ4n) is 12.9. The van der Waals surface area contributed by atoms with Gasteiger partial charge in [0.2, 0.25) is 0 Å². The zero-order chi connectivity index (χ0) is 75.8. The quantitative estimate of drug-likeness (QED) is 0.0222. The molecule has 5 unspecified atom stereocenters. The number of carbonyl (C=O) groups excluding carboxylic acids is 4. The molecule has 0 aliphatic carbocycles. The lowest BCUT2D eigenvalue weighted by atomic mass is 9.99. The largest absolute Gasteiger partial charge is 0.472 e. The average molecular weight is 1510 g/mol. The molecular formula is C84H164O17P2. The molecule has 19 heteroatoms. The Balaban J connectivity index is 5.25. The highest BCUT2D eigenvalue weighted by Crippen LogP contribution is 2.45. The number of aliphatic hydroxyl groups excluding tert-OH is 1. The summed E-state index contributed by atoms with van der Waals surface area (Å²) in [6, 6.07) is 0. The van der Waals surface area contributed by atoms with Crippen molar-refractivity contribution < 1.29 is 80.2 Å². The third-order valence-corrected chi connectivity index (χ3v) is 22.6. The molecule has 0 rings (SSSR count). The maximum atomic E-state index is 13.1. The topological polar surface area (TPSA) is 237 Å². The van der Waals surface area contributed by atoms with Crippen molar-refractivity contribution in [1.29, 1.82) is 0 Å². The summed E-state index contributed by atoms with van der Waals surface area (Å²) in [5.41, 5.74) is 0. The van der Waals surface area contributed by atoms with Gasteiger partial charge in [-0.05, 0) is 43.4 Å². The first kappa shape index (κ1) is 101. The number of unbranched alkanes of at least 4 members (excludes halogenated alkanes) is 47. The molecule has 8 atom stereocenters. The summed E-state index contributed by atoms with van der Waals surface area (Å²) < 4.78 is 68.8. The maximum Gasteiger partial charge on any atom is 0.472 e. The second-order valence-corrected chi connectivity index (χ2v) is 33.9. The Morgan fingerprint density at radius 1 is 0.272 bits per heavy atom. The smallest absolute Gasteiger partial charge is 0.462 e. The summed E-state index contributed by atoms with van der Waals surface area (Å²) in [5.74, 6) is 0.319. The van der Waals surface area contributed by atoms with E-state index in [9.17, 15) is 43.2 Å². The Morgan fingerprint density at radius 3 is 0.689 bits per heavy atom. The third kappa shape index (κ3) is 74.0. The number of phosphoric acid groups is 2. The van der Waals surface area contributed by atoms with Gasteiger partial charge >= 0.3 is 39.5 Å². The second-order valence-electron chi connectivity index (χ2n) is 30.9. The standard InChI is InChI=1S/C84H164O17P2/c1-8-12-13-14-15-16-17-18-19-20-21-29-34-39-44-53-60-68-84(89)101-80(72-95-82(87)66-59-52-47-46-50-57-64-77(7)11-4)74-99-103(92,93)97-70-78(85)69-96-102(90,91)98-73-79(100-83(88)67-61-54-45-40-35-30-25-23-27-32-37-42-49-56-63-76(6)10-3)71-94-81(86)65-58-51-43-38-33-28-24-22-26-31-36-41-48-55-62-75(5)9-2/h75-80,85H,8-74H2,1-7H3,(H,90,91)(H,92,93)/t75?,76?,77?,78-,79-,80-/m1/s1. The molecule has 0 radical (unpaired) electrons. The van der Waals surface area contributed by atoms with Crippen LogP contribution in [0.5, 0.6) is 0 Å². The molecule has 103 heavy (non-hydrogen) atoms. The predicted octanol–water partition coefficient (Wildman–Crippen LogP) is 25.3. The number of carbonyl (C=O) groups is 4. The van der Waals surface area contributed by atoms with Crippen LogP contribution in [-0.4, -0.2) is 96.7 Å². The Hall–Kier alpha value is -1.94. The minimum absolute atomic E-state index is 0.108. The van der Waals surface area contributed by atoms with E-state index < -0.39 is 97.5 Å². The number of hydrogen-bond donors (Lipinski definition) is 3. The summed E-state index contributed by atoms with van der Waals surface area (Å²) in [6.07, 6.45) is 63.7. The van der Waals surface area contributed by atoms with Crippen molar-refractivity contribution in [3.8, 4) is 0 Å². The molecule has 0 amide bonds. The van der Waals surface area contributed by atoms with E-state index in [1.165, 1.54) is 244 Å². The Labute approximate surface area is 632 Å². The van der Waals surface area contributed by atoms with Gasteiger partial charge < -0.3 is 33.8 Å². The molecule has 0 saturated carbocycles. The third-order valence-electron chi connectivity index (χ3n) is 20.7. The molecular weight excluding hydrogens is 1340 g/mol. The molecule has 0 spiro atoms. The predicted molar refractivity (Wildman–Crippen MR) is 423 cm³/mol. The van der Waals surface area contributed by atoms with Gasteiger partial charge in [0, 0.05) is 25.7 Å². The van der Waals surface area contributed by atoms with Crippen LogP contribution in [0.25, 0.3) is 0 Å². The molecule has 3 N–H and O–H groups in total. The van der Waals surface area contributed by atoms with Crippen molar-refractivity contribution in [3.63, 3.8) is 0 Å². The average Bonchev–Trinajstić information content (AvgIpc) is 0.936. The number of hydrogen-bond acceptors (Lipinski definition) is 15. The van der Waals surface area contributed by atoms with Crippen LogP contribution in [0.4, 0.5) is 0 Å². The van der Waals surface area contributed by atoms with Crippen LogP contribution in [-0.2, 0) is 65.4 Å².